The standard InChI is InChI=1S/C21H22N2O4/c1-13-11-18(21(26)27-3)17-9-4-5-10-19(17)23(13)20(25)15-7-6-8-16(12-15)22-14(2)24/h4-10,12-13,18H,11H2,1-3H3,(H,22,24). The second-order valence-corrected chi connectivity index (χ2v) is 6.66. The molecule has 2 unspecified atom stereocenters. The fraction of sp³-hybridized carbons (Fsp3) is 0.286. The number of nitrogens with zero attached hydrogens (tertiary/aromatic N) is 1. The number of fused-ring (bicyclic) bond motifs is 1. The molecule has 140 valence electrons. The summed E-state index contributed by atoms with van der Waals surface area (Å²) >= 11 is 0. The molecule has 2 atom stereocenters. The quantitative estimate of drug-likeness (QED) is 0.846. The van der Waals surface area contributed by atoms with Crippen LogP contribution in [0.2, 0.25) is 0 Å². The maximum atomic E-state index is 13.3. The third-order valence-corrected chi connectivity index (χ3v) is 4.72. The molecule has 1 N–H and O–H groups in total. The van der Waals surface area contributed by atoms with Gasteiger partial charge in [-0.05, 0) is 43.2 Å². The van der Waals surface area contributed by atoms with Crippen molar-refractivity contribution in [3.05, 3.63) is 59.7 Å². The summed E-state index contributed by atoms with van der Waals surface area (Å²) < 4.78 is 4.95. The van der Waals surface area contributed by atoms with Gasteiger partial charge >= 0.3 is 5.97 Å². The zero-order valence-corrected chi connectivity index (χ0v) is 15.6. The van der Waals surface area contributed by atoms with Gasteiger partial charge in [0, 0.05) is 29.9 Å². The SMILES string of the molecule is COC(=O)C1CC(C)N(C(=O)c2cccc(NC(C)=O)c2)c2ccccc21. The number of amides is 2. The average Bonchev–Trinajstić information content (AvgIpc) is 2.66. The largest absolute Gasteiger partial charge is 0.469 e. The maximum Gasteiger partial charge on any atom is 0.313 e. The number of hydrogen-bond acceptors (Lipinski definition) is 4. The van der Waals surface area contributed by atoms with Crippen LogP contribution in [0.1, 0.15) is 42.1 Å². The maximum absolute atomic E-state index is 13.3. The van der Waals surface area contributed by atoms with Crippen molar-refractivity contribution in [2.75, 3.05) is 17.3 Å². The Hall–Kier alpha value is -3.15. The van der Waals surface area contributed by atoms with E-state index in [4.69, 9.17) is 4.74 Å². The van der Waals surface area contributed by atoms with Crippen molar-refractivity contribution in [2.45, 2.75) is 32.2 Å². The smallest absolute Gasteiger partial charge is 0.313 e. The molecule has 2 amide bonds. The summed E-state index contributed by atoms with van der Waals surface area (Å²) in [4.78, 5) is 38.5. The predicted molar refractivity (Wildman–Crippen MR) is 103 cm³/mol. The molecule has 2 aromatic rings. The molecular formula is C21H22N2O4. The summed E-state index contributed by atoms with van der Waals surface area (Å²) in [5.74, 6) is -1.06. The molecule has 2 aromatic carbocycles. The average molecular weight is 366 g/mol. The van der Waals surface area contributed by atoms with Gasteiger partial charge in [0.25, 0.3) is 5.91 Å². The Bertz CT molecular complexity index is 893. The summed E-state index contributed by atoms with van der Waals surface area (Å²) in [7, 11) is 1.38. The van der Waals surface area contributed by atoms with Gasteiger partial charge in [-0.2, -0.15) is 0 Å². The minimum absolute atomic E-state index is 0.175. The molecule has 6 heteroatoms. The molecule has 1 aliphatic heterocycles. The van der Waals surface area contributed by atoms with Gasteiger partial charge in [0.05, 0.1) is 13.0 Å². The highest BCUT2D eigenvalue weighted by atomic mass is 16.5. The third kappa shape index (κ3) is 3.69. The van der Waals surface area contributed by atoms with E-state index in [-0.39, 0.29) is 23.8 Å². The lowest BCUT2D eigenvalue weighted by molar-refractivity contribution is -0.142. The minimum atomic E-state index is -0.393. The van der Waals surface area contributed by atoms with Crippen molar-refractivity contribution in [3.8, 4) is 0 Å². The first kappa shape index (κ1) is 18.6. The van der Waals surface area contributed by atoms with E-state index in [0.29, 0.717) is 23.4 Å². The number of hydrogen-bond donors (Lipinski definition) is 1. The Morgan fingerprint density at radius 2 is 1.85 bits per heavy atom. The van der Waals surface area contributed by atoms with Gasteiger partial charge in [-0.25, -0.2) is 0 Å². The summed E-state index contributed by atoms with van der Waals surface area (Å²) in [6.45, 7) is 3.34. The number of benzene rings is 2. The Labute approximate surface area is 158 Å². The summed E-state index contributed by atoms with van der Waals surface area (Å²) in [6.07, 6.45) is 0.487. The van der Waals surface area contributed by atoms with Crippen LogP contribution in [0, 0.1) is 0 Å². The van der Waals surface area contributed by atoms with Gasteiger partial charge in [0.2, 0.25) is 5.91 Å². The van der Waals surface area contributed by atoms with E-state index < -0.39 is 5.92 Å². The van der Waals surface area contributed by atoms with Crippen molar-refractivity contribution in [1.29, 1.82) is 0 Å². The van der Waals surface area contributed by atoms with Gasteiger partial charge in [0.15, 0.2) is 0 Å². The Morgan fingerprint density at radius 3 is 2.56 bits per heavy atom. The lowest BCUT2D eigenvalue weighted by atomic mass is 9.85. The van der Waals surface area contributed by atoms with Crippen LogP contribution in [0.4, 0.5) is 11.4 Å². The number of para-hydroxylation sites is 1. The second kappa shape index (κ2) is 7.61. The highest BCUT2D eigenvalue weighted by Gasteiger charge is 2.37. The summed E-state index contributed by atoms with van der Waals surface area (Å²) in [5, 5.41) is 2.69. The van der Waals surface area contributed by atoms with E-state index in [9.17, 15) is 14.4 Å². The Kier molecular flexibility index (Phi) is 5.26. The molecule has 0 fully saturated rings. The molecule has 0 bridgehead atoms. The summed E-state index contributed by atoms with van der Waals surface area (Å²) in [6, 6.07) is 14.1. The highest BCUT2D eigenvalue weighted by molar-refractivity contribution is 6.08. The molecular weight excluding hydrogens is 344 g/mol. The first-order valence-electron chi connectivity index (χ1n) is 8.80. The first-order valence-corrected chi connectivity index (χ1v) is 8.80. The van der Waals surface area contributed by atoms with Gasteiger partial charge in [-0.1, -0.05) is 24.3 Å². The van der Waals surface area contributed by atoms with E-state index in [1.54, 1.807) is 29.2 Å². The first-order chi connectivity index (χ1) is 12.9. The fourth-order valence-electron chi connectivity index (χ4n) is 3.56. The number of methoxy groups -OCH3 is 1. The van der Waals surface area contributed by atoms with E-state index in [2.05, 4.69) is 5.32 Å². The Morgan fingerprint density at radius 1 is 1.11 bits per heavy atom. The zero-order chi connectivity index (χ0) is 19.6. The molecule has 0 radical (unpaired) electrons. The van der Waals surface area contributed by atoms with Crippen molar-refractivity contribution in [2.24, 2.45) is 0 Å². The van der Waals surface area contributed by atoms with Crippen LogP contribution < -0.4 is 10.2 Å². The molecule has 0 saturated heterocycles. The topological polar surface area (TPSA) is 75.7 Å². The molecule has 1 heterocycles. The second-order valence-electron chi connectivity index (χ2n) is 6.66. The molecule has 3 rings (SSSR count). The van der Waals surface area contributed by atoms with Crippen molar-refractivity contribution < 1.29 is 19.1 Å². The lowest BCUT2D eigenvalue weighted by Gasteiger charge is -2.38. The molecule has 0 aromatic heterocycles. The van der Waals surface area contributed by atoms with Crippen LogP contribution >= 0.6 is 0 Å². The number of nitrogens with one attached hydrogen (secondary N) is 1. The number of carbonyl (C=O) groups excluding carboxylic acids is 3. The zero-order valence-electron chi connectivity index (χ0n) is 15.6. The molecule has 0 saturated carbocycles. The molecule has 0 aliphatic carbocycles. The van der Waals surface area contributed by atoms with Gasteiger partial charge in [0.1, 0.15) is 0 Å². The molecule has 0 spiro atoms. The van der Waals surface area contributed by atoms with Gasteiger partial charge in [-0.15, -0.1) is 0 Å². The monoisotopic (exact) mass is 366 g/mol. The number of carbonyl (C=O) groups is 3. The van der Waals surface area contributed by atoms with Gasteiger partial charge < -0.3 is 15.0 Å². The molecule has 6 nitrogen and oxygen atoms in total. The van der Waals surface area contributed by atoms with Crippen LogP contribution in [-0.4, -0.2) is 30.9 Å². The van der Waals surface area contributed by atoms with Gasteiger partial charge in [-0.3, -0.25) is 14.4 Å². The minimum Gasteiger partial charge on any atom is -0.469 e. The normalized spacial score (nSPS) is 18.4. The predicted octanol–water partition coefficient (Wildman–Crippen LogP) is 3.34. The number of esters is 1. The van der Waals surface area contributed by atoms with Crippen molar-refractivity contribution in [1.82, 2.24) is 0 Å². The van der Waals surface area contributed by atoms with Crippen molar-refractivity contribution >= 4 is 29.2 Å². The summed E-state index contributed by atoms with van der Waals surface area (Å²) in [5.41, 5.74) is 2.54. The van der Waals surface area contributed by atoms with E-state index in [1.807, 2.05) is 31.2 Å². The number of rotatable bonds is 3. The molecule has 27 heavy (non-hydrogen) atoms. The molecule has 1 aliphatic rings. The van der Waals surface area contributed by atoms with Crippen molar-refractivity contribution in [3.63, 3.8) is 0 Å². The third-order valence-electron chi connectivity index (χ3n) is 4.72. The van der Waals surface area contributed by atoms with Crippen LogP contribution in [0.15, 0.2) is 48.5 Å². The lowest BCUT2D eigenvalue weighted by Crippen LogP contribution is -2.44. The van der Waals surface area contributed by atoms with Crippen LogP contribution in [-0.2, 0) is 14.3 Å². The number of ether oxygens (including phenoxy) is 1. The van der Waals surface area contributed by atoms with Crippen LogP contribution in [0.5, 0.6) is 0 Å². The fourth-order valence-corrected chi connectivity index (χ4v) is 3.56. The van der Waals surface area contributed by atoms with Crippen LogP contribution in [0.25, 0.3) is 0 Å². The number of anilines is 2. The van der Waals surface area contributed by atoms with E-state index in [0.717, 1.165) is 5.56 Å². The van der Waals surface area contributed by atoms with E-state index >= 15 is 0 Å². The highest BCUT2D eigenvalue weighted by Crippen LogP contribution is 2.39. The van der Waals surface area contributed by atoms with Crippen LogP contribution in [0.3, 0.4) is 0 Å². The van der Waals surface area contributed by atoms with E-state index in [1.165, 1.54) is 14.0 Å². The Balaban J connectivity index is 1.99.